The number of nitrogens with one attached hydrogen (secondary N) is 3. The Balaban J connectivity index is 1.59. The van der Waals surface area contributed by atoms with Crippen molar-refractivity contribution < 1.29 is 27.2 Å². The Labute approximate surface area is 220 Å². The van der Waals surface area contributed by atoms with Gasteiger partial charge in [-0.05, 0) is 49.4 Å². The van der Waals surface area contributed by atoms with Crippen molar-refractivity contribution in [2.45, 2.75) is 19.5 Å². The third-order valence-electron chi connectivity index (χ3n) is 5.51. The number of aromatic amines is 1. The summed E-state index contributed by atoms with van der Waals surface area (Å²) in [6.07, 6.45) is 0.365. The van der Waals surface area contributed by atoms with Gasteiger partial charge in [-0.15, -0.1) is 0 Å². The molecule has 0 aliphatic carbocycles. The number of aryl methyl sites for hydroxylation is 1. The lowest BCUT2D eigenvalue weighted by atomic mass is 10.1. The number of hydrogen-bond donors (Lipinski definition) is 3. The van der Waals surface area contributed by atoms with Crippen LogP contribution in [-0.2, 0) is 17.4 Å². The monoisotopic (exact) mass is 542 g/mol. The highest BCUT2D eigenvalue weighted by Crippen LogP contribution is 2.36. The van der Waals surface area contributed by atoms with E-state index in [1.807, 2.05) is 6.92 Å². The topological polar surface area (TPSA) is 100 Å². The number of alkyl halides is 3. The Kier molecular flexibility index (Phi) is 8.02. The van der Waals surface area contributed by atoms with Crippen molar-refractivity contribution in [2.75, 3.05) is 6.54 Å². The van der Waals surface area contributed by atoms with E-state index in [-0.39, 0.29) is 34.3 Å². The largest absolute Gasteiger partial charge is 0.457 e. The van der Waals surface area contributed by atoms with Gasteiger partial charge in [0.2, 0.25) is 0 Å². The van der Waals surface area contributed by atoms with Gasteiger partial charge in [-0.2, -0.15) is 13.2 Å². The average molecular weight is 543 g/mol. The minimum atomic E-state index is -4.56. The smallest absolute Gasteiger partial charge is 0.416 e. The number of hydrogen-bond acceptors (Lipinski definition) is 4. The van der Waals surface area contributed by atoms with E-state index >= 15 is 0 Å². The van der Waals surface area contributed by atoms with Crippen molar-refractivity contribution in [3.05, 3.63) is 106 Å². The van der Waals surface area contributed by atoms with Crippen LogP contribution in [0.2, 0.25) is 5.02 Å². The Hall–Kier alpha value is -4.31. The summed E-state index contributed by atoms with van der Waals surface area (Å²) in [5.41, 5.74) is 1.15. The van der Waals surface area contributed by atoms with Crippen LogP contribution in [0.25, 0.3) is 17.4 Å². The predicted molar refractivity (Wildman–Crippen MR) is 136 cm³/mol. The molecule has 0 bridgehead atoms. The molecule has 2 aromatic carbocycles. The number of halogens is 4. The molecule has 0 unspecified atom stereocenters. The molecule has 2 aromatic heterocycles. The van der Waals surface area contributed by atoms with E-state index in [0.717, 1.165) is 29.5 Å². The molecule has 0 aliphatic heterocycles. The van der Waals surface area contributed by atoms with Crippen molar-refractivity contribution in [1.29, 1.82) is 0 Å². The maximum absolute atomic E-state index is 13.2. The second-order valence-electron chi connectivity index (χ2n) is 8.36. The maximum atomic E-state index is 13.2. The molecular formula is C27H22ClF3N4O3. The number of carbonyl (C=O) groups is 2. The van der Waals surface area contributed by atoms with Gasteiger partial charge in [-0.25, -0.2) is 4.98 Å². The van der Waals surface area contributed by atoms with Crippen molar-refractivity contribution >= 4 is 29.5 Å². The lowest BCUT2D eigenvalue weighted by Crippen LogP contribution is -2.35. The van der Waals surface area contributed by atoms with Crippen LogP contribution < -0.4 is 10.6 Å². The Morgan fingerprint density at radius 1 is 1.11 bits per heavy atom. The van der Waals surface area contributed by atoms with E-state index in [0.29, 0.717) is 12.0 Å². The van der Waals surface area contributed by atoms with Crippen LogP contribution in [0.1, 0.15) is 32.9 Å². The van der Waals surface area contributed by atoms with E-state index in [2.05, 4.69) is 20.6 Å². The number of H-pyrrole nitrogens is 1. The van der Waals surface area contributed by atoms with Gasteiger partial charge in [0.25, 0.3) is 11.8 Å². The number of aromatic nitrogens is 2. The minimum Gasteiger partial charge on any atom is -0.457 e. The molecule has 0 atom stereocenters. The maximum Gasteiger partial charge on any atom is 0.416 e. The van der Waals surface area contributed by atoms with Gasteiger partial charge >= 0.3 is 6.18 Å². The normalized spacial score (nSPS) is 11.9. The Morgan fingerprint density at radius 2 is 1.87 bits per heavy atom. The first-order valence-corrected chi connectivity index (χ1v) is 11.8. The highest BCUT2D eigenvalue weighted by Gasteiger charge is 2.31. The highest BCUT2D eigenvalue weighted by molar-refractivity contribution is 6.33. The molecule has 2 heterocycles. The van der Waals surface area contributed by atoms with Gasteiger partial charge in [0.15, 0.2) is 0 Å². The predicted octanol–water partition coefficient (Wildman–Crippen LogP) is 5.78. The number of carbonyl (C=O) groups excluding carboxylic acids is 2. The SMILES string of the molecule is Cc1ccc(C(=O)NC(=Cc2ccc(-c3cc(C(F)(F)F)ccc3Cl)o2)C(=O)NCCc2cnc[nH]2)cc1. The quantitative estimate of drug-likeness (QED) is 0.246. The van der Waals surface area contributed by atoms with Crippen molar-refractivity contribution in [2.24, 2.45) is 0 Å². The van der Waals surface area contributed by atoms with Gasteiger partial charge in [0, 0.05) is 42.1 Å². The number of benzene rings is 2. The molecule has 0 spiro atoms. The lowest BCUT2D eigenvalue weighted by Gasteiger charge is -2.11. The number of furan rings is 1. The van der Waals surface area contributed by atoms with Crippen LogP contribution in [0.5, 0.6) is 0 Å². The van der Waals surface area contributed by atoms with E-state index in [1.165, 1.54) is 24.5 Å². The van der Waals surface area contributed by atoms with Crippen LogP contribution in [0, 0.1) is 6.92 Å². The summed E-state index contributed by atoms with van der Waals surface area (Å²) < 4.78 is 45.2. The van der Waals surface area contributed by atoms with E-state index in [1.54, 1.807) is 30.5 Å². The first-order valence-electron chi connectivity index (χ1n) is 11.4. The van der Waals surface area contributed by atoms with E-state index < -0.39 is 23.6 Å². The van der Waals surface area contributed by atoms with Crippen LogP contribution >= 0.6 is 11.6 Å². The second kappa shape index (κ2) is 11.4. The zero-order chi connectivity index (χ0) is 27.3. The van der Waals surface area contributed by atoms with Crippen LogP contribution in [0.15, 0.2) is 77.2 Å². The molecule has 0 radical (unpaired) electrons. The molecule has 0 aliphatic rings. The van der Waals surface area contributed by atoms with Gasteiger partial charge in [-0.3, -0.25) is 9.59 Å². The number of imidazole rings is 1. The molecule has 0 fully saturated rings. The van der Waals surface area contributed by atoms with E-state index in [9.17, 15) is 22.8 Å². The third kappa shape index (κ3) is 6.71. The molecule has 196 valence electrons. The average Bonchev–Trinajstić information content (AvgIpc) is 3.56. The van der Waals surface area contributed by atoms with Crippen molar-refractivity contribution in [3.8, 4) is 11.3 Å². The Morgan fingerprint density at radius 3 is 2.55 bits per heavy atom. The molecular weight excluding hydrogens is 521 g/mol. The Bertz CT molecular complexity index is 1460. The number of nitrogens with zero attached hydrogens (tertiary/aromatic N) is 1. The van der Waals surface area contributed by atoms with Gasteiger partial charge in [0.1, 0.15) is 17.2 Å². The minimum absolute atomic E-state index is 0.0374. The fourth-order valence-corrected chi connectivity index (χ4v) is 3.70. The lowest BCUT2D eigenvalue weighted by molar-refractivity contribution is -0.137. The number of amides is 2. The fraction of sp³-hybridized carbons (Fsp3) is 0.148. The van der Waals surface area contributed by atoms with E-state index in [4.69, 9.17) is 16.0 Å². The molecule has 11 heteroatoms. The van der Waals surface area contributed by atoms with Gasteiger partial charge in [0.05, 0.1) is 16.9 Å². The summed E-state index contributed by atoms with van der Waals surface area (Å²) in [5, 5.41) is 5.37. The molecule has 0 saturated heterocycles. The van der Waals surface area contributed by atoms with Gasteiger partial charge in [-0.1, -0.05) is 29.3 Å². The summed E-state index contributed by atoms with van der Waals surface area (Å²) in [4.78, 5) is 32.7. The van der Waals surface area contributed by atoms with Gasteiger partial charge < -0.3 is 20.0 Å². The van der Waals surface area contributed by atoms with Crippen molar-refractivity contribution in [3.63, 3.8) is 0 Å². The molecule has 38 heavy (non-hydrogen) atoms. The summed E-state index contributed by atoms with van der Waals surface area (Å²) in [7, 11) is 0. The molecule has 2 amide bonds. The summed E-state index contributed by atoms with van der Waals surface area (Å²) >= 11 is 6.12. The third-order valence-corrected chi connectivity index (χ3v) is 5.84. The van der Waals surface area contributed by atoms with Crippen LogP contribution in [0.4, 0.5) is 13.2 Å². The summed E-state index contributed by atoms with van der Waals surface area (Å²) in [6, 6.07) is 12.6. The standard InChI is InChI=1S/C27H22ClF3N4O3/c1-16-2-4-17(5-3-16)25(36)35-23(26(37)33-11-10-19-14-32-15-34-19)13-20-7-9-24(38-20)21-12-18(27(29,30)31)6-8-22(21)28/h2-9,12-15H,10-11H2,1H3,(H,32,34)(H,33,37)(H,35,36). The first-order chi connectivity index (χ1) is 18.1. The van der Waals surface area contributed by atoms with Crippen LogP contribution in [0.3, 0.4) is 0 Å². The first kappa shape index (κ1) is 26.7. The number of rotatable bonds is 8. The molecule has 4 rings (SSSR count). The molecule has 7 nitrogen and oxygen atoms in total. The summed E-state index contributed by atoms with van der Waals surface area (Å²) in [6.45, 7) is 2.13. The highest BCUT2D eigenvalue weighted by atomic mass is 35.5. The molecule has 0 saturated carbocycles. The molecule has 4 aromatic rings. The van der Waals surface area contributed by atoms with Crippen molar-refractivity contribution in [1.82, 2.24) is 20.6 Å². The second-order valence-corrected chi connectivity index (χ2v) is 8.76. The summed E-state index contributed by atoms with van der Waals surface area (Å²) in [5.74, 6) is -0.916. The van der Waals surface area contributed by atoms with Crippen LogP contribution in [-0.4, -0.2) is 28.3 Å². The zero-order valence-corrected chi connectivity index (χ0v) is 20.8. The fourth-order valence-electron chi connectivity index (χ4n) is 3.49. The zero-order valence-electron chi connectivity index (χ0n) is 20.0. The molecule has 3 N–H and O–H groups in total.